The Morgan fingerprint density at radius 1 is 0.764 bits per heavy atom. The predicted octanol–water partition coefficient (Wildman–Crippen LogP) is 9.12. The molecule has 6 aromatic rings. The first-order valence-corrected chi connectivity index (χ1v) is 25.2. The average Bonchev–Trinajstić information content (AvgIpc) is 3.38. The van der Waals surface area contributed by atoms with Gasteiger partial charge >= 0.3 is 17.6 Å². The summed E-state index contributed by atoms with van der Waals surface area (Å²) in [4.78, 5) is 44.1. The van der Waals surface area contributed by atoms with E-state index in [1.54, 1.807) is 19.1 Å². The first-order chi connectivity index (χ1) is 35.0. The van der Waals surface area contributed by atoms with Crippen LogP contribution in [-0.2, 0) is 62.5 Å². The molecule has 0 fully saturated rings. The number of rotatable bonds is 17. The van der Waals surface area contributed by atoms with Crippen molar-refractivity contribution in [1.29, 1.82) is 0 Å². The lowest BCUT2D eigenvalue weighted by molar-refractivity contribution is -0.192. The van der Waals surface area contributed by atoms with Crippen LogP contribution in [0.15, 0.2) is 142 Å². The van der Waals surface area contributed by atoms with Crippen molar-refractivity contribution in [2.24, 2.45) is 5.92 Å². The van der Waals surface area contributed by atoms with Crippen LogP contribution in [-0.4, -0.2) is 70.7 Å². The Morgan fingerprint density at radius 3 is 2.18 bits per heavy atom. The van der Waals surface area contributed by atoms with Crippen molar-refractivity contribution < 1.29 is 53.4 Å². The zero-order valence-electron chi connectivity index (χ0n) is 41.2. The van der Waals surface area contributed by atoms with Gasteiger partial charge in [-0.15, -0.1) is 0 Å². The topological polar surface area (TPSA) is 182 Å². The molecule has 5 unspecified atom stereocenters. The summed E-state index contributed by atoms with van der Waals surface area (Å²) in [5.41, 5.74) is 5.71. The highest BCUT2D eigenvalue weighted by Crippen LogP contribution is 2.49. The Morgan fingerprint density at radius 2 is 1.47 bits per heavy atom. The van der Waals surface area contributed by atoms with E-state index in [0.717, 1.165) is 28.7 Å². The number of fused-ring (bicyclic) bond motifs is 13. The van der Waals surface area contributed by atoms with Crippen molar-refractivity contribution in [3.05, 3.63) is 193 Å². The van der Waals surface area contributed by atoms with E-state index in [1.165, 1.54) is 11.1 Å². The number of carbonyl (C=O) groups is 2. The summed E-state index contributed by atoms with van der Waals surface area (Å²) >= 11 is 0. The van der Waals surface area contributed by atoms with Gasteiger partial charge in [0.25, 0.3) is 0 Å². The van der Waals surface area contributed by atoms with E-state index in [2.05, 4.69) is 48.5 Å². The Hall–Kier alpha value is -6.41. The first kappa shape index (κ1) is 51.9. The summed E-state index contributed by atoms with van der Waals surface area (Å²) in [6, 6.07) is 40.4. The fourth-order valence-corrected chi connectivity index (χ4v) is 10.5. The van der Waals surface area contributed by atoms with Crippen LogP contribution < -0.4 is 10.4 Å². The maximum atomic E-state index is 15.0. The fourth-order valence-electron chi connectivity index (χ4n) is 10.5. The molecule has 0 spiro atoms. The molecule has 0 saturated heterocycles. The Kier molecular flexibility index (Phi) is 17.6. The van der Waals surface area contributed by atoms with Crippen LogP contribution in [0.25, 0.3) is 11.0 Å². The van der Waals surface area contributed by atoms with Crippen LogP contribution in [0.4, 0.5) is 0 Å². The highest BCUT2D eigenvalue weighted by molar-refractivity contribution is 5.90. The number of aliphatic hydroxyl groups excluding tert-OH is 4. The lowest BCUT2D eigenvalue weighted by Crippen LogP contribution is -2.54. The third-order valence-electron chi connectivity index (χ3n) is 14.4. The van der Waals surface area contributed by atoms with E-state index in [4.69, 9.17) is 23.4 Å². The molecule has 378 valence electrons. The summed E-state index contributed by atoms with van der Waals surface area (Å²) in [5, 5.41) is 41.3. The Balaban J connectivity index is 1.23. The van der Waals surface area contributed by atoms with Crippen LogP contribution in [0.5, 0.6) is 5.75 Å². The zero-order valence-corrected chi connectivity index (χ0v) is 41.2. The van der Waals surface area contributed by atoms with Gasteiger partial charge < -0.3 is 43.8 Å². The van der Waals surface area contributed by atoms with E-state index in [1.807, 2.05) is 67.6 Å². The van der Waals surface area contributed by atoms with Crippen molar-refractivity contribution in [3.8, 4) is 5.75 Å². The third-order valence-corrected chi connectivity index (χ3v) is 14.4. The van der Waals surface area contributed by atoms with Crippen molar-refractivity contribution >= 4 is 22.9 Å². The van der Waals surface area contributed by atoms with Crippen LogP contribution in [0, 0.1) is 5.92 Å². The fraction of sp³-hybridized carbons (Fsp3) is 0.383. The molecule has 0 saturated carbocycles. The summed E-state index contributed by atoms with van der Waals surface area (Å²) in [5.74, 6) is -1.95. The molecule has 4 heterocycles. The predicted molar refractivity (Wildman–Crippen MR) is 273 cm³/mol. The number of ether oxygens (including phenoxy) is 4. The Labute approximate surface area is 420 Å². The number of hydrogen-bond donors (Lipinski definition) is 4. The van der Waals surface area contributed by atoms with Crippen molar-refractivity contribution in [1.82, 2.24) is 0 Å². The van der Waals surface area contributed by atoms with Gasteiger partial charge in [0.15, 0.2) is 12.2 Å². The molecule has 4 N–H and O–H groups in total. The lowest BCUT2D eigenvalue weighted by atomic mass is 9.81. The maximum absolute atomic E-state index is 15.0. The van der Waals surface area contributed by atoms with Gasteiger partial charge in [0.05, 0.1) is 25.4 Å². The molecular formula is C60H66O12. The van der Waals surface area contributed by atoms with Gasteiger partial charge in [-0.05, 0) is 141 Å². The van der Waals surface area contributed by atoms with Crippen LogP contribution in [0.2, 0.25) is 0 Å². The summed E-state index contributed by atoms with van der Waals surface area (Å²) in [7, 11) is 0. The molecule has 5 atom stereocenters. The number of carbonyl (C=O) groups excluding carboxylic acids is 2. The van der Waals surface area contributed by atoms with Gasteiger partial charge in [0.1, 0.15) is 23.7 Å². The molecule has 0 amide bonds. The van der Waals surface area contributed by atoms with Gasteiger partial charge in [-0.1, -0.05) is 109 Å². The second-order valence-corrected chi connectivity index (χ2v) is 19.5. The van der Waals surface area contributed by atoms with E-state index >= 15 is 0 Å². The molecule has 9 rings (SSSR count). The molecule has 12 heteroatoms. The van der Waals surface area contributed by atoms with E-state index in [-0.39, 0.29) is 78.6 Å². The average molecular weight is 979 g/mol. The quantitative estimate of drug-likeness (QED) is 0.0295. The van der Waals surface area contributed by atoms with E-state index in [9.17, 15) is 34.8 Å². The van der Waals surface area contributed by atoms with Crippen LogP contribution in [0.3, 0.4) is 0 Å². The van der Waals surface area contributed by atoms with Gasteiger partial charge in [-0.25, -0.2) is 9.59 Å². The van der Waals surface area contributed by atoms with E-state index in [0.29, 0.717) is 55.9 Å². The van der Waals surface area contributed by atoms with Gasteiger partial charge in [0, 0.05) is 35.5 Å². The number of hydrogen-bond acceptors (Lipinski definition) is 12. The number of aliphatic hydroxyl groups is 4. The minimum atomic E-state index is -1.38. The maximum Gasteiger partial charge on any atom is 0.340 e. The summed E-state index contributed by atoms with van der Waals surface area (Å²) < 4.78 is 31.9. The molecule has 3 aliphatic heterocycles. The number of aryl methyl sites for hydroxylation is 3. The van der Waals surface area contributed by atoms with Gasteiger partial charge in [0.2, 0.25) is 0 Å². The molecule has 2 bridgehead atoms. The van der Waals surface area contributed by atoms with Crippen molar-refractivity contribution in [2.75, 3.05) is 26.6 Å². The monoisotopic (exact) mass is 978 g/mol. The number of benzene rings is 5. The molecule has 0 aliphatic carbocycles. The third kappa shape index (κ3) is 12.4. The normalized spacial score (nSPS) is 20.5. The van der Waals surface area contributed by atoms with Crippen LogP contribution in [0.1, 0.15) is 114 Å². The van der Waals surface area contributed by atoms with E-state index < -0.39 is 54.7 Å². The first-order valence-electron chi connectivity index (χ1n) is 25.2. The lowest BCUT2D eigenvalue weighted by Gasteiger charge is -2.45. The molecule has 1 aromatic heterocycles. The van der Waals surface area contributed by atoms with Gasteiger partial charge in [-0.3, -0.25) is 4.79 Å². The highest BCUT2D eigenvalue weighted by Gasteiger charge is 2.53. The standard InChI is InChI=1S/C60H66O12/c1-39(35-62)48-25-24-41-18-20-44(21-19-41)33-46(23-22-43-15-9-16-45(32-43)31-42-13-7-4-8-14-42)34-52(65)69-56-54-51(72-60(2,57(56)71-58(48)66)29-10-17-40-11-5-3-6-12-40)27-26-49-50(36-63)53(59(67)70-55(49)54)47(28-30-61)37-68-38-64/h3-9,11-16,18-21,26-27,32,46-47,56-57,61-64H,10,17,22-25,28-31,33-38H2,1-2H3. The summed E-state index contributed by atoms with van der Waals surface area (Å²) in [6.45, 7) is 1.45. The SMILES string of the molecule is CC(CO)=C1CCc2ccc(cc2)CC(CCc2cccc(Cc3ccccc3)c2)CC(=O)OC2c3c(ccc4c(CO)c(C(CCO)COCO)c(=O)oc34)OC(C)(CCCc3ccccc3)C2OC1=O. The van der Waals surface area contributed by atoms with Gasteiger partial charge in [-0.2, -0.15) is 0 Å². The molecule has 0 radical (unpaired) electrons. The smallest absolute Gasteiger partial charge is 0.340 e. The summed E-state index contributed by atoms with van der Waals surface area (Å²) in [6.07, 6.45) is 2.52. The van der Waals surface area contributed by atoms with Crippen LogP contribution >= 0.6 is 0 Å². The largest absolute Gasteiger partial charge is 0.483 e. The molecule has 12 nitrogen and oxygen atoms in total. The second-order valence-electron chi connectivity index (χ2n) is 19.5. The number of esters is 2. The highest BCUT2D eigenvalue weighted by atomic mass is 16.6. The molecule has 3 aliphatic rings. The Bertz CT molecular complexity index is 2870. The zero-order chi connectivity index (χ0) is 50.6. The molecule has 72 heavy (non-hydrogen) atoms. The van der Waals surface area contributed by atoms with Crippen molar-refractivity contribution in [3.63, 3.8) is 0 Å². The molecular weight excluding hydrogens is 913 g/mol. The minimum absolute atomic E-state index is 0.00671. The minimum Gasteiger partial charge on any atom is -0.483 e. The molecule has 5 aromatic carbocycles. The van der Waals surface area contributed by atoms with Crippen molar-refractivity contribution in [2.45, 2.75) is 115 Å². The second kappa shape index (κ2) is 24.3.